The first kappa shape index (κ1) is 15.1. The Balaban J connectivity index is 2.17. The van der Waals surface area contributed by atoms with E-state index in [1.165, 1.54) is 43.7 Å². The van der Waals surface area contributed by atoms with Crippen LogP contribution in [0.4, 0.5) is 0 Å². The van der Waals surface area contributed by atoms with Crippen molar-refractivity contribution in [1.29, 1.82) is 0 Å². The van der Waals surface area contributed by atoms with E-state index in [4.69, 9.17) is 5.11 Å². The lowest BCUT2D eigenvalue weighted by Crippen LogP contribution is -2.18. The van der Waals surface area contributed by atoms with E-state index in [1.54, 1.807) is 0 Å². The summed E-state index contributed by atoms with van der Waals surface area (Å²) in [5.74, 6) is 0. The molecule has 0 fully saturated rings. The first-order valence-corrected chi connectivity index (χ1v) is 8.28. The second kappa shape index (κ2) is 5.89. The zero-order chi connectivity index (χ0) is 16.7. The van der Waals surface area contributed by atoms with E-state index in [0.717, 1.165) is 0 Å². The van der Waals surface area contributed by atoms with Crippen LogP contribution in [-0.4, -0.2) is 27.8 Å². The van der Waals surface area contributed by atoms with Gasteiger partial charge in [-0.1, -0.05) is 18.2 Å². The predicted octanol–water partition coefficient (Wildman–Crippen LogP) is 3.27. The van der Waals surface area contributed by atoms with Crippen molar-refractivity contribution in [3.63, 3.8) is 0 Å². The molecule has 0 bridgehead atoms. The zero-order valence-corrected chi connectivity index (χ0v) is 14.0. The van der Waals surface area contributed by atoms with E-state index in [9.17, 15) is 0 Å². The minimum atomic E-state index is 0.140. The van der Waals surface area contributed by atoms with E-state index < -0.39 is 0 Å². The fraction of sp³-hybridized carbons (Fsp3) is 0.250. The number of fused-ring (bicyclic) bond motifs is 4. The Bertz CT molecular complexity index is 1050. The molecular weight excluding hydrogens is 298 g/mol. The first-order chi connectivity index (χ1) is 11.7. The first-order valence-electron chi connectivity index (χ1n) is 8.28. The smallest absolute Gasteiger partial charge is 0.0556 e. The van der Waals surface area contributed by atoms with Crippen molar-refractivity contribution in [2.24, 2.45) is 7.05 Å². The van der Waals surface area contributed by atoms with Gasteiger partial charge in [0.1, 0.15) is 0 Å². The zero-order valence-electron chi connectivity index (χ0n) is 14.0. The van der Waals surface area contributed by atoms with Crippen LogP contribution >= 0.6 is 0 Å². The van der Waals surface area contributed by atoms with E-state index in [0.29, 0.717) is 13.1 Å². The number of nitrogens with zero attached hydrogens (tertiary/aromatic N) is 2. The molecule has 2 heterocycles. The van der Waals surface area contributed by atoms with Gasteiger partial charge in [-0.3, -0.25) is 4.98 Å². The molecule has 4 heteroatoms. The fourth-order valence-electron chi connectivity index (χ4n) is 3.84. The monoisotopic (exact) mass is 319 g/mol. The van der Waals surface area contributed by atoms with Crippen LogP contribution in [0.2, 0.25) is 0 Å². The topological polar surface area (TPSA) is 50.1 Å². The Kier molecular flexibility index (Phi) is 3.71. The number of aryl methyl sites for hydroxylation is 2. The van der Waals surface area contributed by atoms with Crippen molar-refractivity contribution in [3.05, 3.63) is 53.9 Å². The summed E-state index contributed by atoms with van der Waals surface area (Å²) >= 11 is 0. The Morgan fingerprint density at radius 1 is 1.12 bits per heavy atom. The van der Waals surface area contributed by atoms with Gasteiger partial charge < -0.3 is 15.0 Å². The number of aliphatic hydroxyl groups is 1. The van der Waals surface area contributed by atoms with E-state index in [-0.39, 0.29) is 6.61 Å². The van der Waals surface area contributed by atoms with Crippen molar-refractivity contribution in [1.82, 2.24) is 14.9 Å². The van der Waals surface area contributed by atoms with E-state index >= 15 is 0 Å². The number of benzene rings is 2. The second-order valence-electron chi connectivity index (χ2n) is 6.22. The third-order valence-corrected chi connectivity index (χ3v) is 4.90. The van der Waals surface area contributed by atoms with E-state index in [1.807, 2.05) is 12.4 Å². The number of hydrogen-bond donors (Lipinski definition) is 2. The van der Waals surface area contributed by atoms with E-state index in [2.05, 4.69) is 59.2 Å². The highest BCUT2D eigenvalue weighted by molar-refractivity contribution is 6.16. The van der Waals surface area contributed by atoms with Gasteiger partial charge in [0.2, 0.25) is 0 Å². The van der Waals surface area contributed by atoms with Gasteiger partial charge in [0.05, 0.1) is 12.1 Å². The molecule has 0 unspecified atom stereocenters. The SMILES string of the molecule is Cc1c2ccncc2c(CNCCO)c2c3ccccc3n(C)c12. The fourth-order valence-corrected chi connectivity index (χ4v) is 3.84. The van der Waals surface area contributed by atoms with Gasteiger partial charge in [-0.15, -0.1) is 0 Å². The number of rotatable bonds is 4. The van der Waals surface area contributed by atoms with Crippen molar-refractivity contribution < 1.29 is 5.11 Å². The van der Waals surface area contributed by atoms with Crippen molar-refractivity contribution in [3.8, 4) is 0 Å². The number of hydrogen-bond acceptors (Lipinski definition) is 3. The molecule has 0 amide bonds. The average molecular weight is 319 g/mol. The molecular formula is C20H21N3O. The molecule has 2 aromatic carbocycles. The molecule has 0 saturated heterocycles. The van der Waals surface area contributed by atoms with Crippen LogP contribution in [0, 0.1) is 6.92 Å². The maximum absolute atomic E-state index is 9.11. The number of nitrogens with one attached hydrogen (secondary N) is 1. The molecule has 2 aromatic heterocycles. The van der Waals surface area contributed by atoms with Gasteiger partial charge in [-0.25, -0.2) is 0 Å². The van der Waals surface area contributed by atoms with Crippen molar-refractivity contribution >= 4 is 32.6 Å². The van der Waals surface area contributed by atoms with Gasteiger partial charge in [-0.2, -0.15) is 0 Å². The summed E-state index contributed by atoms with van der Waals surface area (Å²) in [6.07, 6.45) is 3.81. The Morgan fingerprint density at radius 2 is 1.96 bits per heavy atom. The summed E-state index contributed by atoms with van der Waals surface area (Å²) in [4.78, 5) is 4.35. The lowest BCUT2D eigenvalue weighted by molar-refractivity contribution is 0.292. The maximum Gasteiger partial charge on any atom is 0.0556 e. The molecule has 4 rings (SSSR count). The summed E-state index contributed by atoms with van der Waals surface area (Å²) in [6, 6.07) is 10.6. The second-order valence-corrected chi connectivity index (χ2v) is 6.22. The number of pyridine rings is 1. The van der Waals surface area contributed by atoms with Crippen LogP contribution in [0.5, 0.6) is 0 Å². The molecule has 0 atom stereocenters. The summed E-state index contributed by atoms with van der Waals surface area (Å²) < 4.78 is 2.29. The summed E-state index contributed by atoms with van der Waals surface area (Å²) in [6.45, 7) is 3.63. The van der Waals surface area contributed by atoms with Crippen LogP contribution in [-0.2, 0) is 13.6 Å². The van der Waals surface area contributed by atoms with Crippen molar-refractivity contribution in [2.45, 2.75) is 13.5 Å². The molecule has 24 heavy (non-hydrogen) atoms. The predicted molar refractivity (Wildman–Crippen MR) is 99.3 cm³/mol. The third kappa shape index (κ3) is 2.11. The molecule has 122 valence electrons. The van der Waals surface area contributed by atoms with Gasteiger partial charge in [0.15, 0.2) is 0 Å². The number of aliphatic hydroxyl groups excluding tert-OH is 1. The van der Waals surface area contributed by atoms with Crippen LogP contribution in [0.25, 0.3) is 32.6 Å². The Hall–Kier alpha value is -2.43. The lowest BCUT2D eigenvalue weighted by Gasteiger charge is -2.13. The van der Waals surface area contributed by atoms with Crippen LogP contribution in [0.15, 0.2) is 42.7 Å². The van der Waals surface area contributed by atoms with Gasteiger partial charge in [0.25, 0.3) is 0 Å². The summed E-state index contributed by atoms with van der Waals surface area (Å²) in [5.41, 5.74) is 5.05. The molecule has 0 saturated carbocycles. The summed E-state index contributed by atoms with van der Waals surface area (Å²) in [7, 11) is 2.13. The van der Waals surface area contributed by atoms with Crippen molar-refractivity contribution in [2.75, 3.05) is 13.2 Å². The Morgan fingerprint density at radius 3 is 2.79 bits per heavy atom. The molecule has 4 aromatic rings. The molecule has 0 spiro atoms. The number of para-hydroxylation sites is 1. The molecule has 2 N–H and O–H groups in total. The van der Waals surface area contributed by atoms with Crippen LogP contribution in [0.3, 0.4) is 0 Å². The average Bonchev–Trinajstić information content (AvgIpc) is 2.92. The molecule has 0 aliphatic heterocycles. The van der Waals surface area contributed by atoms with Gasteiger partial charge in [-0.05, 0) is 35.6 Å². The highest BCUT2D eigenvalue weighted by atomic mass is 16.3. The largest absolute Gasteiger partial charge is 0.395 e. The number of aromatic nitrogens is 2. The minimum Gasteiger partial charge on any atom is -0.395 e. The minimum absolute atomic E-state index is 0.140. The van der Waals surface area contributed by atoms with Gasteiger partial charge >= 0.3 is 0 Å². The molecule has 0 radical (unpaired) electrons. The maximum atomic E-state index is 9.11. The molecule has 0 aliphatic carbocycles. The van der Waals surface area contributed by atoms with Crippen LogP contribution in [0.1, 0.15) is 11.1 Å². The lowest BCUT2D eigenvalue weighted by atomic mass is 9.96. The quantitative estimate of drug-likeness (QED) is 0.568. The summed E-state index contributed by atoms with van der Waals surface area (Å²) in [5, 5.41) is 17.4. The van der Waals surface area contributed by atoms with Crippen LogP contribution < -0.4 is 5.32 Å². The highest BCUT2D eigenvalue weighted by Crippen LogP contribution is 2.38. The van der Waals surface area contributed by atoms with Gasteiger partial charge in [0, 0.05) is 54.2 Å². The Labute approximate surface area is 140 Å². The molecule has 4 nitrogen and oxygen atoms in total. The highest BCUT2D eigenvalue weighted by Gasteiger charge is 2.18. The standard InChI is InChI=1S/C20H21N3O/c1-13-14-7-8-21-11-16(14)17(12-22-9-10-24)19-15-5-3-4-6-18(15)23(2)20(13)19/h3-8,11,22,24H,9-10,12H2,1-2H3. The third-order valence-electron chi connectivity index (χ3n) is 4.90. The molecule has 0 aliphatic rings. The normalized spacial score (nSPS) is 11.8.